The van der Waals surface area contributed by atoms with Gasteiger partial charge in [0, 0.05) is 28.5 Å². The van der Waals surface area contributed by atoms with E-state index < -0.39 is 0 Å². The summed E-state index contributed by atoms with van der Waals surface area (Å²) in [6.07, 6.45) is 0. The molecule has 2 rings (SSSR count). The van der Waals surface area contributed by atoms with Crippen molar-refractivity contribution in [1.82, 2.24) is 0 Å². The molecule has 0 saturated heterocycles. The van der Waals surface area contributed by atoms with Gasteiger partial charge in [-0.3, -0.25) is 0 Å². The van der Waals surface area contributed by atoms with Crippen LogP contribution in [0.2, 0.25) is 5.02 Å². The molecule has 19 heavy (non-hydrogen) atoms. The van der Waals surface area contributed by atoms with E-state index in [0.717, 1.165) is 16.9 Å². The van der Waals surface area contributed by atoms with Crippen LogP contribution in [-0.2, 0) is 6.61 Å². The highest BCUT2D eigenvalue weighted by Crippen LogP contribution is 2.30. The van der Waals surface area contributed by atoms with Crippen LogP contribution in [0.15, 0.2) is 42.5 Å². The summed E-state index contributed by atoms with van der Waals surface area (Å²) in [5.74, 6) is -0.282. The number of aliphatic hydroxyl groups excluding tert-OH is 1. The Labute approximate surface area is 117 Å². The lowest BCUT2D eigenvalue weighted by Crippen LogP contribution is -2.17. The Morgan fingerprint density at radius 2 is 2.00 bits per heavy atom. The van der Waals surface area contributed by atoms with Crippen molar-refractivity contribution in [3.63, 3.8) is 0 Å². The average molecular weight is 280 g/mol. The van der Waals surface area contributed by atoms with Gasteiger partial charge < -0.3 is 10.0 Å². The van der Waals surface area contributed by atoms with Gasteiger partial charge in [0.15, 0.2) is 0 Å². The van der Waals surface area contributed by atoms with Gasteiger partial charge in [0.25, 0.3) is 0 Å². The van der Waals surface area contributed by atoms with E-state index in [2.05, 4.69) is 0 Å². The first kappa shape index (κ1) is 13.8. The number of aliphatic hydroxyl groups is 1. The van der Waals surface area contributed by atoms with Crippen molar-refractivity contribution in [2.45, 2.75) is 13.5 Å². The van der Waals surface area contributed by atoms with Gasteiger partial charge in [-0.05, 0) is 43.3 Å². The number of benzene rings is 2. The second-order valence-electron chi connectivity index (χ2n) is 4.16. The summed E-state index contributed by atoms with van der Waals surface area (Å²) in [6.45, 7) is 2.53. The minimum Gasteiger partial charge on any atom is -0.392 e. The molecule has 2 nitrogen and oxygen atoms in total. The van der Waals surface area contributed by atoms with Gasteiger partial charge >= 0.3 is 0 Å². The molecule has 0 aromatic heterocycles. The van der Waals surface area contributed by atoms with Crippen LogP contribution < -0.4 is 4.90 Å². The second-order valence-corrected chi connectivity index (χ2v) is 4.59. The summed E-state index contributed by atoms with van der Waals surface area (Å²) in [5, 5.41) is 10.0. The normalized spacial score (nSPS) is 10.5. The van der Waals surface area contributed by atoms with Crippen molar-refractivity contribution in [3.05, 3.63) is 58.9 Å². The predicted molar refractivity (Wildman–Crippen MR) is 76.5 cm³/mol. The molecule has 0 unspecified atom stereocenters. The predicted octanol–water partition coefficient (Wildman–Crippen LogP) is 4.13. The van der Waals surface area contributed by atoms with Crippen LogP contribution in [0.1, 0.15) is 12.5 Å². The van der Waals surface area contributed by atoms with Crippen LogP contribution in [0, 0.1) is 5.82 Å². The molecule has 0 atom stereocenters. The molecule has 0 aliphatic rings. The minimum absolute atomic E-state index is 0.109. The van der Waals surface area contributed by atoms with Crippen molar-refractivity contribution in [2.24, 2.45) is 0 Å². The first-order valence-corrected chi connectivity index (χ1v) is 6.46. The van der Waals surface area contributed by atoms with Gasteiger partial charge in [-0.2, -0.15) is 0 Å². The summed E-state index contributed by atoms with van der Waals surface area (Å²) < 4.78 is 13.3. The zero-order valence-corrected chi connectivity index (χ0v) is 11.4. The lowest BCUT2D eigenvalue weighted by molar-refractivity contribution is 0.282. The summed E-state index contributed by atoms with van der Waals surface area (Å²) in [6, 6.07) is 11.7. The molecule has 100 valence electrons. The maximum atomic E-state index is 13.3. The third-order valence-corrected chi connectivity index (χ3v) is 3.17. The quantitative estimate of drug-likeness (QED) is 0.910. The number of hydrogen-bond acceptors (Lipinski definition) is 2. The van der Waals surface area contributed by atoms with Crippen LogP contribution in [0.25, 0.3) is 0 Å². The Bertz CT molecular complexity index is 574. The fourth-order valence-corrected chi connectivity index (χ4v) is 2.27. The van der Waals surface area contributed by atoms with E-state index >= 15 is 0 Å². The fourth-order valence-electron chi connectivity index (χ4n) is 2.08. The Morgan fingerprint density at radius 1 is 1.21 bits per heavy atom. The molecule has 0 amide bonds. The Balaban J connectivity index is 2.48. The van der Waals surface area contributed by atoms with Gasteiger partial charge in [-0.1, -0.05) is 17.7 Å². The standard InChI is InChI=1S/C15H15ClFNO/c1-2-18(14-5-3-4-13(17)9-14)15-7-6-12(16)8-11(15)10-19/h3-9,19H,2,10H2,1H3. The molecule has 0 heterocycles. The van der Waals surface area contributed by atoms with Crippen molar-refractivity contribution in [2.75, 3.05) is 11.4 Å². The van der Waals surface area contributed by atoms with E-state index in [0.29, 0.717) is 11.6 Å². The molecule has 4 heteroatoms. The molecule has 0 aliphatic heterocycles. The van der Waals surface area contributed by atoms with Crippen molar-refractivity contribution < 1.29 is 9.50 Å². The number of nitrogens with zero attached hydrogens (tertiary/aromatic N) is 1. The van der Waals surface area contributed by atoms with E-state index in [-0.39, 0.29) is 12.4 Å². The zero-order valence-electron chi connectivity index (χ0n) is 10.6. The maximum Gasteiger partial charge on any atom is 0.125 e. The number of rotatable bonds is 4. The Morgan fingerprint density at radius 3 is 2.63 bits per heavy atom. The van der Waals surface area contributed by atoms with Crippen molar-refractivity contribution in [1.29, 1.82) is 0 Å². The third-order valence-electron chi connectivity index (χ3n) is 2.94. The summed E-state index contributed by atoms with van der Waals surface area (Å²) in [4.78, 5) is 1.94. The molecule has 2 aromatic carbocycles. The molecule has 0 spiro atoms. The van der Waals surface area contributed by atoms with E-state index in [1.807, 2.05) is 24.0 Å². The minimum atomic E-state index is -0.282. The van der Waals surface area contributed by atoms with Gasteiger partial charge in [0.1, 0.15) is 5.82 Å². The molecule has 1 N–H and O–H groups in total. The van der Waals surface area contributed by atoms with Crippen LogP contribution in [-0.4, -0.2) is 11.7 Å². The third kappa shape index (κ3) is 3.06. The molecule has 0 radical (unpaired) electrons. The second kappa shape index (κ2) is 6.04. The number of halogens is 2. The maximum absolute atomic E-state index is 13.3. The average Bonchev–Trinajstić information content (AvgIpc) is 2.41. The van der Waals surface area contributed by atoms with E-state index in [1.165, 1.54) is 12.1 Å². The first-order chi connectivity index (χ1) is 9.15. The van der Waals surface area contributed by atoms with Gasteiger partial charge in [0.2, 0.25) is 0 Å². The van der Waals surface area contributed by atoms with Crippen LogP contribution >= 0.6 is 11.6 Å². The van der Waals surface area contributed by atoms with Gasteiger partial charge in [-0.25, -0.2) is 4.39 Å². The van der Waals surface area contributed by atoms with Crippen LogP contribution in [0.5, 0.6) is 0 Å². The number of hydrogen-bond donors (Lipinski definition) is 1. The van der Waals surface area contributed by atoms with E-state index in [4.69, 9.17) is 11.6 Å². The topological polar surface area (TPSA) is 23.5 Å². The zero-order chi connectivity index (χ0) is 13.8. The highest BCUT2D eigenvalue weighted by molar-refractivity contribution is 6.30. The lowest BCUT2D eigenvalue weighted by atomic mass is 10.1. The van der Waals surface area contributed by atoms with Gasteiger partial charge in [0.05, 0.1) is 6.61 Å². The lowest BCUT2D eigenvalue weighted by Gasteiger charge is -2.25. The first-order valence-electron chi connectivity index (χ1n) is 6.08. The largest absolute Gasteiger partial charge is 0.392 e. The van der Waals surface area contributed by atoms with E-state index in [9.17, 15) is 9.50 Å². The fraction of sp³-hybridized carbons (Fsp3) is 0.200. The summed E-state index contributed by atoms with van der Waals surface area (Å²) in [7, 11) is 0. The SMILES string of the molecule is CCN(c1cccc(F)c1)c1ccc(Cl)cc1CO. The molecule has 0 fully saturated rings. The van der Waals surface area contributed by atoms with Crippen molar-refractivity contribution >= 4 is 23.0 Å². The highest BCUT2D eigenvalue weighted by atomic mass is 35.5. The summed E-state index contributed by atoms with van der Waals surface area (Å²) >= 11 is 5.93. The van der Waals surface area contributed by atoms with Crippen LogP contribution in [0.4, 0.5) is 15.8 Å². The molecule has 0 saturated carbocycles. The van der Waals surface area contributed by atoms with Gasteiger partial charge in [-0.15, -0.1) is 0 Å². The summed E-state index contributed by atoms with van der Waals surface area (Å²) in [5.41, 5.74) is 2.30. The highest BCUT2D eigenvalue weighted by Gasteiger charge is 2.12. The molecule has 2 aromatic rings. The smallest absolute Gasteiger partial charge is 0.125 e. The monoisotopic (exact) mass is 279 g/mol. The molecular formula is C15H15ClFNO. The molecule has 0 bridgehead atoms. The Hall–Kier alpha value is -1.58. The Kier molecular flexibility index (Phi) is 4.40. The molecular weight excluding hydrogens is 265 g/mol. The molecule has 0 aliphatic carbocycles. The number of anilines is 2. The van der Waals surface area contributed by atoms with Crippen molar-refractivity contribution in [3.8, 4) is 0 Å². The van der Waals surface area contributed by atoms with Crippen LogP contribution in [0.3, 0.4) is 0 Å². The van der Waals surface area contributed by atoms with E-state index in [1.54, 1.807) is 18.2 Å².